The van der Waals surface area contributed by atoms with Crippen molar-refractivity contribution < 1.29 is 9.00 Å². The SMILES string of the molecule is Cc1ccc(S(=O)CCC(=O)Nc2ccccc2N)cc1. The van der Waals surface area contributed by atoms with E-state index in [2.05, 4.69) is 5.32 Å². The van der Waals surface area contributed by atoms with Crippen molar-refractivity contribution in [2.24, 2.45) is 0 Å². The van der Waals surface area contributed by atoms with Crippen LogP contribution in [0.25, 0.3) is 0 Å². The second kappa shape index (κ2) is 7.04. The number of amides is 1. The molecule has 2 aromatic rings. The van der Waals surface area contributed by atoms with Crippen LogP contribution in [0, 0.1) is 6.92 Å². The summed E-state index contributed by atoms with van der Waals surface area (Å²) in [5, 5.41) is 2.73. The van der Waals surface area contributed by atoms with E-state index in [1.165, 1.54) is 0 Å². The van der Waals surface area contributed by atoms with Gasteiger partial charge in [-0.3, -0.25) is 9.00 Å². The molecule has 110 valence electrons. The summed E-state index contributed by atoms with van der Waals surface area (Å²) >= 11 is 0. The Labute approximate surface area is 126 Å². The normalized spacial score (nSPS) is 11.9. The molecule has 0 aromatic heterocycles. The van der Waals surface area contributed by atoms with Crippen LogP contribution in [0.15, 0.2) is 53.4 Å². The Balaban J connectivity index is 1.88. The number of anilines is 2. The van der Waals surface area contributed by atoms with Crippen LogP contribution in [0.4, 0.5) is 11.4 Å². The van der Waals surface area contributed by atoms with Crippen molar-refractivity contribution in [2.75, 3.05) is 16.8 Å². The molecule has 0 fully saturated rings. The highest BCUT2D eigenvalue weighted by Gasteiger charge is 2.09. The molecule has 5 heteroatoms. The zero-order valence-electron chi connectivity index (χ0n) is 11.8. The van der Waals surface area contributed by atoms with Gasteiger partial charge in [-0.2, -0.15) is 0 Å². The Bertz CT molecular complexity index is 654. The summed E-state index contributed by atoms with van der Waals surface area (Å²) in [6, 6.07) is 14.6. The highest BCUT2D eigenvalue weighted by atomic mass is 32.2. The van der Waals surface area contributed by atoms with Gasteiger partial charge in [0.1, 0.15) is 0 Å². The smallest absolute Gasteiger partial charge is 0.225 e. The van der Waals surface area contributed by atoms with Gasteiger partial charge in [0.05, 0.1) is 22.2 Å². The molecule has 0 bridgehead atoms. The molecule has 1 unspecified atom stereocenters. The van der Waals surface area contributed by atoms with Gasteiger partial charge in [-0.25, -0.2) is 0 Å². The molecule has 0 saturated heterocycles. The molecule has 2 aromatic carbocycles. The fourth-order valence-electron chi connectivity index (χ4n) is 1.82. The first-order valence-corrected chi connectivity index (χ1v) is 7.97. The van der Waals surface area contributed by atoms with Crippen LogP contribution in [0.5, 0.6) is 0 Å². The standard InChI is InChI=1S/C16H18N2O2S/c1-12-6-8-13(9-7-12)21(20)11-10-16(19)18-15-5-3-2-4-14(15)17/h2-9H,10-11,17H2,1H3,(H,18,19). The highest BCUT2D eigenvalue weighted by Crippen LogP contribution is 2.17. The molecule has 1 atom stereocenters. The maximum Gasteiger partial charge on any atom is 0.225 e. The third-order valence-corrected chi connectivity index (χ3v) is 4.41. The summed E-state index contributed by atoms with van der Waals surface area (Å²) in [6.07, 6.45) is 0.189. The first kappa shape index (κ1) is 15.3. The van der Waals surface area contributed by atoms with Gasteiger partial charge in [0.25, 0.3) is 0 Å². The van der Waals surface area contributed by atoms with Gasteiger partial charge in [0, 0.05) is 17.1 Å². The second-order valence-corrected chi connectivity index (χ2v) is 6.32. The van der Waals surface area contributed by atoms with E-state index in [9.17, 15) is 9.00 Å². The number of aryl methyl sites for hydroxylation is 1. The molecule has 21 heavy (non-hydrogen) atoms. The van der Waals surface area contributed by atoms with E-state index in [0.29, 0.717) is 17.1 Å². The molecular formula is C16H18N2O2S. The van der Waals surface area contributed by atoms with E-state index in [1.54, 1.807) is 24.3 Å². The minimum absolute atomic E-state index is 0.187. The molecule has 2 rings (SSSR count). The van der Waals surface area contributed by atoms with E-state index in [1.807, 2.05) is 31.2 Å². The van der Waals surface area contributed by atoms with Crippen LogP contribution < -0.4 is 11.1 Å². The molecule has 0 spiro atoms. The Morgan fingerprint density at radius 2 is 1.81 bits per heavy atom. The van der Waals surface area contributed by atoms with Gasteiger partial charge in [0.2, 0.25) is 5.91 Å². The van der Waals surface area contributed by atoms with Crippen molar-refractivity contribution in [1.29, 1.82) is 0 Å². The average molecular weight is 302 g/mol. The summed E-state index contributed by atoms with van der Waals surface area (Å²) in [5.74, 6) is 0.107. The number of hydrogen-bond donors (Lipinski definition) is 2. The molecule has 1 amide bonds. The Morgan fingerprint density at radius 3 is 2.48 bits per heavy atom. The molecule has 0 aliphatic rings. The number of hydrogen-bond acceptors (Lipinski definition) is 3. The molecule has 3 N–H and O–H groups in total. The number of nitrogens with two attached hydrogens (primary N) is 1. The van der Waals surface area contributed by atoms with E-state index in [0.717, 1.165) is 10.5 Å². The minimum Gasteiger partial charge on any atom is -0.397 e. The van der Waals surface area contributed by atoms with Crippen molar-refractivity contribution >= 4 is 28.1 Å². The Kier molecular flexibility index (Phi) is 5.11. The number of para-hydroxylation sites is 2. The molecule has 0 heterocycles. The highest BCUT2D eigenvalue weighted by molar-refractivity contribution is 7.85. The largest absolute Gasteiger partial charge is 0.397 e. The number of nitrogens with one attached hydrogen (secondary N) is 1. The summed E-state index contributed by atoms with van der Waals surface area (Å²) in [7, 11) is -1.17. The molecular weight excluding hydrogens is 284 g/mol. The Morgan fingerprint density at radius 1 is 1.14 bits per heavy atom. The zero-order chi connectivity index (χ0) is 15.2. The third kappa shape index (κ3) is 4.43. The molecule has 0 saturated carbocycles. The lowest BCUT2D eigenvalue weighted by Gasteiger charge is -2.07. The lowest BCUT2D eigenvalue weighted by molar-refractivity contribution is -0.115. The molecule has 0 aliphatic carbocycles. The van der Waals surface area contributed by atoms with E-state index in [4.69, 9.17) is 5.73 Å². The lowest BCUT2D eigenvalue weighted by Crippen LogP contribution is -2.15. The van der Waals surface area contributed by atoms with Gasteiger partial charge in [-0.15, -0.1) is 0 Å². The van der Waals surface area contributed by atoms with Gasteiger partial charge >= 0.3 is 0 Å². The van der Waals surface area contributed by atoms with Gasteiger partial charge in [-0.05, 0) is 31.2 Å². The van der Waals surface area contributed by atoms with Crippen molar-refractivity contribution in [3.63, 3.8) is 0 Å². The van der Waals surface area contributed by atoms with Gasteiger partial charge < -0.3 is 11.1 Å². The number of benzene rings is 2. The lowest BCUT2D eigenvalue weighted by atomic mass is 10.2. The van der Waals surface area contributed by atoms with Crippen LogP contribution in [-0.2, 0) is 15.6 Å². The molecule has 4 nitrogen and oxygen atoms in total. The number of carbonyl (C=O) groups excluding carboxylic acids is 1. The fourth-order valence-corrected chi connectivity index (χ4v) is 2.86. The maximum atomic E-state index is 12.1. The zero-order valence-corrected chi connectivity index (χ0v) is 12.7. The number of carbonyl (C=O) groups is 1. The predicted molar refractivity (Wildman–Crippen MR) is 86.6 cm³/mol. The second-order valence-electron chi connectivity index (χ2n) is 4.75. The van der Waals surface area contributed by atoms with Gasteiger partial charge in [-0.1, -0.05) is 29.8 Å². The number of rotatable bonds is 5. The monoisotopic (exact) mass is 302 g/mol. The van der Waals surface area contributed by atoms with Crippen LogP contribution in [0.3, 0.4) is 0 Å². The summed E-state index contributed by atoms with van der Waals surface area (Å²) in [4.78, 5) is 12.6. The molecule has 0 radical (unpaired) electrons. The third-order valence-electron chi connectivity index (χ3n) is 3.03. The maximum absolute atomic E-state index is 12.1. The summed E-state index contributed by atoms with van der Waals surface area (Å²) in [6.45, 7) is 1.98. The molecule has 0 aliphatic heterocycles. The van der Waals surface area contributed by atoms with Crippen molar-refractivity contribution in [1.82, 2.24) is 0 Å². The van der Waals surface area contributed by atoms with Crippen molar-refractivity contribution in [3.05, 3.63) is 54.1 Å². The van der Waals surface area contributed by atoms with Crippen LogP contribution in [-0.4, -0.2) is 15.9 Å². The van der Waals surface area contributed by atoms with Crippen LogP contribution >= 0.6 is 0 Å². The van der Waals surface area contributed by atoms with E-state index < -0.39 is 10.8 Å². The van der Waals surface area contributed by atoms with E-state index in [-0.39, 0.29) is 12.3 Å². The predicted octanol–water partition coefficient (Wildman–Crippen LogP) is 2.71. The van der Waals surface area contributed by atoms with Crippen LogP contribution in [0.2, 0.25) is 0 Å². The minimum atomic E-state index is -1.17. The van der Waals surface area contributed by atoms with Crippen LogP contribution in [0.1, 0.15) is 12.0 Å². The first-order chi connectivity index (χ1) is 10.1. The van der Waals surface area contributed by atoms with Crippen molar-refractivity contribution in [2.45, 2.75) is 18.2 Å². The van der Waals surface area contributed by atoms with Crippen molar-refractivity contribution in [3.8, 4) is 0 Å². The summed E-state index contributed by atoms with van der Waals surface area (Å²) in [5.41, 5.74) is 7.98. The first-order valence-electron chi connectivity index (χ1n) is 6.65. The Hall–Kier alpha value is -2.14. The summed E-state index contributed by atoms with van der Waals surface area (Å²) < 4.78 is 12.1. The number of nitrogen functional groups attached to an aromatic ring is 1. The van der Waals surface area contributed by atoms with Gasteiger partial charge in [0.15, 0.2) is 0 Å². The topological polar surface area (TPSA) is 72.2 Å². The quantitative estimate of drug-likeness (QED) is 0.834. The average Bonchev–Trinajstić information content (AvgIpc) is 2.48. The van der Waals surface area contributed by atoms with E-state index >= 15 is 0 Å². The fraction of sp³-hybridized carbons (Fsp3) is 0.188.